The van der Waals surface area contributed by atoms with E-state index in [0.29, 0.717) is 37.6 Å². The number of anilines is 1. The van der Waals surface area contributed by atoms with E-state index in [1.165, 1.54) is 6.33 Å². The highest BCUT2D eigenvalue weighted by atomic mass is 19.1. The molecule has 7 nitrogen and oxygen atoms in total. The zero-order chi connectivity index (χ0) is 20.4. The lowest BCUT2D eigenvalue weighted by Gasteiger charge is -2.45. The first-order valence-electron chi connectivity index (χ1n) is 9.82. The van der Waals surface area contributed by atoms with Gasteiger partial charge in [0.1, 0.15) is 17.8 Å². The summed E-state index contributed by atoms with van der Waals surface area (Å²) in [6.07, 6.45) is 2.92. The van der Waals surface area contributed by atoms with E-state index in [1.807, 2.05) is 11.9 Å². The van der Waals surface area contributed by atoms with Gasteiger partial charge in [0.15, 0.2) is 11.6 Å². The molecule has 0 saturated carbocycles. The molecule has 8 heteroatoms. The van der Waals surface area contributed by atoms with Crippen molar-refractivity contribution >= 4 is 11.7 Å². The maximum absolute atomic E-state index is 15.1. The van der Waals surface area contributed by atoms with Crippen molar-refractivity contribution in [1.82, 2.24) is 14.9 Å². The lowest BCUT2D eigenvalue weighted by atomic mass is 9.97. The molecular formula is C21H25FN4O3. The van der Waals surface area contributed by atoms with Gasteiger partial charge in [0.25, 0.3) is 0 Å². The normalized spacial score (nSPS) is 17.7. The molecule has 154 valence electrons. The largest absolute Gasteiger partial charge is 0.497 e. The first-order chi connectivity index (χ1) is 14.1. The number of hydrogen-bond acceptors (Lipinski definition) is 6. The predicted molar refractivity (Wildman–Crippen MR) is 106 cm³/mol. The van der Waals surface area contributed by atoms with Crippen molar-refractivity contribution in [2.45, 2.75) is 18.9 Å². The van der Waals surface area contributed by atoms with Crippen molar-refractivity contribution in [2.75, 3.05) is 45.4 Å². The summed E-state index contributed by atoms with van der Waals surface area (Å²) in [5.74, 6) is 0.704. The Balaban J connectivity index is 1.43. The van der Waals surface area contributed by atoms with Crippen LogP contribution in [-0.4, -0.2) is 67.3 Å². The third-order valence-electron chi connectivity index (χ3n) is 5.76. The van der Waals surface area contributed by atoms with Crippen molar-refractivity contribution in [3.05, 3.63) is 36.4 Å². The Hall–Kier alpha value is -2.74. The third-order valence-corrected chi connectivity index (χ3v) is 5.76. The Morgan fingerprint density at radius 2 is 1.90 bits per heavy atom. The first kappa shape index (κ1) is 19.6. The van der Waals surface area contributed by atoms with E-state index >= 15 is 4.39 Å². The number of nitrogens with zero attached hydrogens (tertiary/aromatic N) is 4. The van der Waals surface area contributed by atoms with E-state index in [1.54, 1.807) is 36.3 Å². The van der Waals surface area contributed by atoms with Gasteiger partial charge >= 0.3 is 0 Å². The maximum Gasteiger partial charge on any atom is 0.225 e. The SMILES string of the molecule is COc1ccc(-c2ncnc(N3CC(N(C)C(=O)C4CCOCC4)C3)c2F)cc1. The predicted octanol–water partition coefficient (Wildman–Crippen LogP) is 2.36. The summed E-state index contributed by atoms with van der Waals surface area (Å²) in [6.45, 7) is 2.39. The lowest BCUT2D eigenvalue weighted by Crippen LogP contribution is -2.61. The molecular weight excluding hydrogens is 375 g/mol. The second-order valence-corrected chi connectivity index (χ2v) is 7.48. The average molecular weight is 400 g/mol. The van der Waals surface area contributed by atoms with Crippen molar-refractivity contribution in [3.63, 3.8) is 0 Å². The number of benzene rings is 1. The lowest BCUT2D eigenvalue weighted by molar-refractivity contribution is -0.139. The standard InChI is InChI=1S/C21H25FN4O3/c1-25(21(27)15-7-9-29-10-8-15)16-11-26(12-16)20-18(22)19(23-13-24-20)14-3-5-17(28-2)6-4-14/h3-6,13,15-16H,7-12H2,1-2H3. The van der Waals surface area contributed by atoms with E-state index in [0.717, 1.165) is 12.8 Å². The Morgan fingerprint density at radius 3 is 2.55 bits per heavy atom. The monoisotopic (exact) mass is 400 g/mol. The fourth-order valence-corrected chi connectivity index (χ4v) is 3.82. The molecule has 0 aliphatic carbocycles. The third kappa shape index (κ3) is 3.89. The van der Waals surface area contributed by atoms with Gasteiger partial charge in [-0.25, -0.2) is 14.4 Å². The summed E-state index contributed by atoms with van der Waals surface area (Å²) in [5, 5.41) is 0. The van der Waals surface area contributed by atoms with Gasteiger partial charge in [-0.15, -0.1) is 0 Å². The van der Waals surface area contributed by atoms with Gasteiger partial charge in [0.05, 0.1) is 13.2 Å². The molecule has 1 aromatic carbocycles. The molecule has 0 radical (unpaired) electrons. The fourth-order valence-electron chi connectivity index (χ4n) is 3.82. The Labute approximate surface area is 169 Å². The second-order valence-electron chi connectivity index (χ2n) is 7.48. The number of halogens is 1. The topological polar surface area (TPSA) is 67.8 Å². The van der Waals surface area contributed by atoms with Crippen LogP contribution in [0.1, 0.15) is 12.8 Å². The number of hydrogen-bond donors (Lipinski definition) is 0. The number of amides is 1. The number of rotatable bonds is 5. The van der Waals surface area contributed by atoms with Crippen LogP contribution in [0.25, 0.3) is 11.3 Å². The van der Waals surface area contributed by atoms with Crippen LogP contribution >= 0.6 is 0 Å². The van der Waals surface area contributed by atoms with Gasteiger partial charge in [-0.2, -0.15) is 0 Å². The van der Waals surface area contributed by atoms with Crippen LogP contribution in [0.2, 0.25) is 0 Å². The summed E-state index contributed by atoms with van der Waals surface area (Å²) >= 11 is 0. The van der Waals surface area contributed by atoms with Crippen molar-refractivity contribution in [1.29, 1.82) is 0 Å². The molecule has 2 fully saturated rings. The zero-order valence-corrected chi connectivity index (χ0v) is 16.7. The number of aromatic nitrogens is 2. The molecule has 2 aromatic rings. The van der Waals surface area contributed by atoms with Crippen LogP contribution < -0.4 is 9.64 Å². The quantitative estimate of drug-likeness (QED) is 0.768. The molecule has 0 unspecified atom stereocenters. The van der Waals surface area contributed by atoms with Gasteiger partial charge in [-0.3, -0.25) is 4.79 Å². The molecule has 1 aromatic heterocycles. The highest BCUT2D eigenvalue weighted by Gasteiger charge is 2.37. The zero-order valence-electron chi connectivity index (χ0n) is 16.7. The van der Waals surface area contributed by atoms with Crippen LogP contribution in [0.15, 0.2) is 30.6 Å². The molecule has 0 N–H and O–H groups in total. The summed E-state index contributed by atoms with van der Waals surface area (Å²) in [4.78, 5) is 24.6. The molecule has 0 spiro atoms. The van der Waals surface area contributed by atoms with E-state index < -0.39 is 5.82 Å². The molecule has 3 heterocycles. The first-order valence-corrected chi connectivity index (χ1v) is 9.82. The van der Waals surface area contributed by atoms with Crippen molar-refractivity contribution in [3.8, 4) is 17.0 Å². The fraction of sp³-hybridized carbons (Fsp3) is 0.476. The number of likely N-dealkylation sites (N-methyl/N-ethyl adjacent to an activating group) is 1. The number of carbonyl (C=O) groups excluding carboxylic acids is 1. The van der Waals surface area contributed by atoms with E-state index in [4.69, 9.17) is 9.47 Å². The van der Waals surface area contributed by atoms with Crippen molar-refractivity contribution in [2.24, 2.45) is 5.92 Å². The maximum atomic E-state index is 15.1. The van der Waals surface area contributed by atoms with E-state index in [2.05, 4.69) is 9.97 Å². The van der Waals surface area contributed by atoms with Crippen LogP contribution in [0.3, 0.4) is 0 Å². The highest BCUT2D eigenvalue weighted by molar-refractivity contribution is 5.79. The minimum absolute atomic E-state index is 0.0280. The van der Waals surface area contributed by atoms with Gasteiger partial charge in [0, 0.05) is 44.8 Å². The van der Waals surface area contributed by atoms with Crippen LogP contribution in [-0.2, 0) is 9.53 Å². The van der Waals surface area contributed by atoms with Gasteiger partial charge in [0.2, 0.25) is 5.91 Å². The molecule has 0 bridgehead atoms. The Kier molecular flexibility index (Phi) is 5.62. The minimum atomic E-state index is -0.450. The number of carbonyl (C=O) groups is 1. The van der Waals surface area contributed by atoms with Gasteiger partial charge < -0.3 is 19.3 Å². The molecule has 0 atom stereocenters. The minimum Gasteiger partial charge on any atom is -0.497 e. The molecule has 2 aliphatic heterocycles. The van der Waals surface area contributed by atoms with Crippen LogP contribution in [0.5, 0.6) is 5.75 Å². The summed E-state index contributed by atoms with van der Waals surface area (Å²) < 4.78 is 25.6. The van der Waals surface area contributed by atoms with Gasteiger partial charge in [-0.05, 0) is 37.1 Å². The molecule has 4 rings (SSSR count). The molecule has 29 heavy (non-hydrogen) atoms. The summed E-state index contributed by atoms with van der Waals surface area (Å²) in [5.41, 5.74) is 0.920. The smallest absolute Gasteiger partial charge is 0.225 e. The molecule has 2 aliphatic rings. The average Bonchev–Trinajstić information content (AvgIpc) is 2.74. The Bertz CT molecular complexity index is 865. The van der Waals surface area contributed by atoms with Crippen LogP contribution in [0.4, 0.5) is 10.2 Å². The van der Waals surface area contributed by atoms with E-state index in [9.17, 15) is 4.79 Å². The van der Waals surface area contributed by atoms with Crippen LogP contribution in [0, 0.1) is 11.7 Å². The second kappa shape index (κ2) is 8.32. The highest BCUT2D eigenvalue weighted by Crippen LogP contribution is 2.31. The summed E-state index contributed by atoms with van der Waals surface area (Å²) in [7, 11) is 3.42. The van der Waals surface area contributed by atoms with Gasteiger partial charge in [-0.1, -0.05) is 0 Å². The van der Waals surface area contributed by atoms with Crippen molar-refractivity contribution < 1.29 is 18.7 Å². The van der Waals surface area contributed by atoms with E-state index in [-0.39, 0.29) is 29.4 Å². The Morgan fingerprint density at radius 1 is 1.21 bits per heavy atom. The molecule has 2 saturated heterocycles. The molecule has 1 amide bonds. The number of methoxy groups -OCH3 is 1. The number of ether oxygens (including phenoxy) is 2. The summed E-state index contributed by atoms with van der Waals surface area (Å²) in [6, 6.07) is 7.14.